The van der Waals surface area contributed by atoms with Gasteiger partial charge in [0.2, 0.25) is 5.91 Å². The van der Waals surface area contributed by atoms with Gasteiger partial charge in [0.15, 0.2) is 0 Å². The Balaban J connectivity index is 1.40. The maximum absolute atomic E-state index is 12.7. The second-order valence-corrected chi connectivity index (χ2v) is 6.85. The van der Waals surface area contributed by atoms with Gasteiger partial charge in [-0.1, -0.05) is 42.5 Å². The highest BCUT2D eigenvalue weighted by atomic mass is 16.2. The van der Waals surface area contributed by atoms with Gasteiger partial charge < -0.3 is 5.32 Å². The molecule has 1 aliphatic heterocycles. The van der Waals surface area contributed by atoms with Gasteiger partial charge in [-0.05, 0) is 36.1 Å². The molecule has 0 saturated carbocycles. The second kappa shape index (κ2) is 7.72. The van der Waals surface area contributed by atoms with Crippen molar-refractivity contribution in [2.24, 2.45) is 0 Å². The standard InChI is InChI=1S/C21H23N5O/c1-16(25-11-10-17-6-2-3-8-19(17)13-25)21(27)23-12-18-7-4-5-9-20(18)26-15-22-14-24-26/h2-9,14-16H,10-13H2,1H3,(H,23,27). The Labute approximate surface area is 158 Å². The van der Waals surface area contributed by atoms with Gasteiger partial charge in [-0.2, -0.15) is 5.10 Å². The number of carbonyl (C=O) groups is 1. The molecule has 1 amide bonds. The molecule has 6 heteroatoms. The van der Waals surface area contributed by atoms with E-state index in [2.05, 4.69) is 44.6 Å². The minimum atomic E-state index is -0.170. The van der Waals surface area contributed by atoms with Gasteiger partial charge in [0, 0.05) is 19.6 Å². The predicted molar refractivity (Wildman–Crippen MR) is 103 cm³/mol. The summed E-state index contributed by atoms with van der Waals surface area (Å²) in [6.07, 6.45) is 4.16. The van der Waals surface area contributed by atoms with Crippen LogP contribution in [0.15, 0.2) is 61.2 Å². The average Bonchev–Trinajstić information content (AvgIpc) is 3.26. The number of carbonyl (C=O) groups excluding carboxylic acids is 1. The molecule has 138 valence electrons. The first-order chi connectivity index (χ1) is 13.2. The van der Waals surface area contributed by atoms with Gasteiger partial charge in [-0.3, -0.25) is 9.69 Å². The molecule has 0 aliphatic carbocycles. The van der Waals surface area contributed by atoms with Gasteiger partial charge in [-0.25, -0.2) is 9.67 Å². The summed E-state index contributed by atoms with van der Waals surface area (Å²) >= 11 is 0. The Bertz CT molecular complexity index is 922. The fraction of sp³-hybridized carbons (Fsp3) is 0.286. The lowest BCUT2D eigenvalue weighted by Crippen LogP contribution is -2.46. The first-order valence-corrected chi connectivity index (χ1v) is 9.24. The van der Waals surface area contributed by atoms with Crippen molar-refractivity contribution < 1.29 is 4.79 Å². The zero-order valence-electron chi connectivity index (χ0n) is 15.4. The molecule has 1 unspecified atom stereocenters. The quantitative estimate of drug-likeness (QED) is 0.758. The van der Waals surface area contributed by atoms with Crippen LogP contribution in [0, 0.1) is 0 Å². The summed E-state index contributed by atoms with van der Waals surface area (Å²) in [5.41, 5.74) is 4.64. The largest absolute Gasteiger partial charge is 0.351 e. The maximum atomic E-state index is 12.7. The Morgan fingerprint density at radius 2 is 1.93 bits per heavy atom. The van der Waals surface area contributed by atoms with Crippen LogP contribution in [0.4, 0.5) is 0 Å². The summed E-state index contributed by atoms with van der Waals surface area (Å²) in [4.78, 5) is 19.0. The number of hydrogen-bond donors (Lipinski definition) is 1. The smallest absolute Gasteiger partial charge is 0.237 e. The van der Waals surface area contributed by atoms with E-state index >= 15 is 0 Å². The summed E-state index contributed by atoms with van der Waals surface area (Å²) in [6, 6.07) is 16.2. The van der Waals surface area contributed by atoms with Crippen LogP contribution in [0.1, 0.15) is 23.6 Å². The molecular weight excluding hydrogens is 338 g/mol. The van der Waals surface area contributed by atoms with E-state index in [9.17, 15) is 4.79 Å². The van der Waals surface area contributed by atoms with Crippen molar-refractivity contribution in [1.82, 2.24) is 25.0 Å². The zero-order chi connectivity index (χ0) is 18.6. The highest BCUT2D eigenvalue weighted by Gasteiger charge is 2.25. The van der Waals surface area contributed by atoms with Crippen molar-refractivity contribution in [3.8, 4) is 5.69 Å². The maximum Gasteiger partial charge on any atom is 0.237 e. The molecule has 2 aromatic carbocycles. The summed E-state index contributed by atoms with van der Waals surface area (Å²) in [5.74, 6) is 0.0442. The Kier molecular flexibility index (Phi) is 4.98. The monoisotopic (exact) mass is 361 g/mol. The van der Waals surface area contributed by atoms with Crippen molar-refractivity contribution in [2.75, 3.05) is 6.54 Å². The van der Waals surface area contributed by atoms with E-state index in [1.165, 1.54) is 17.5 Å². The molecule has 1 N–H and O–H groups in total. The van der Waals surface area contributed by atoms with E-state index in [0.29, 0.717) is 6.54 Å². The average molecular weight is 361 g/mol. The molecule has 0 fully saturated rings. The van der Waals surface area contributed by atoms with Crippen LogP contribution in [-0.4, -0.2) is 38.2 Å². The van der Waals surface area contributed by atoms with E-state index < -0.39 is 0 Å². The first kappa shape index (κ1) is 17.4. The van der Waals surface area contributed by atoms with Crippen molar-refractivity contribution in [3.05, 3.63) is 77.9 Å². The van der Waals surface area contributed by atoms with E-state index in [0.717, 1.165) is 30.8 Å². The molecule has 6 nitrogen and oxygen atoms in total. The molecule has 2 heterocycles. The summed E-state index contributed by atoms with van der Waals surface area (Å²) in [5, 5.41) is 7.27. The lowest BCUT2D eigenvalue weighted by Gasteiger charge is -2.32. The van der Waals surface area contributed by atoms with Crippen LogP contribution in [0.25, 0.3) is 5.69 Å². The number of hydrogen-bond acceptors (Lipinski definition) is 4. The van der Waals surface area contributed by atoms with E-state index in [-0.39, 0.29) is 11.9 Å². The number of nitrogens with one attached hydrogen (secondary N) is 1. The lowest BCUT2D eigenvalue weighted by molar-refractivity contribution is -0.126. The highest BCUT2D eigenvalue weighted by molar-refractivity contribution is 5.81. The van der Waals surface area contributed by atoms with Crippen molar-refractivity contribution in [3.63, 3.8) is 0 Å². The second-order valence-electron chi connectivity index (χ2n) is 6.85. The molecule has 1 aromatic heterocycles. The first-order valence-electron chi connectivity index (χ1n) is 9.24. The lowest BCUT2D eigenvalue weighted by atomic mass is 9.99. The predicted octanol–water partition coefficient (Wildman–Crippen LogP) is 2.33. The number of fused-ring (bicyclic) bond motifs is 1. The fourth-order valence-corrected chi connectivity index (χ4v) is 3.56. The van der Waals surface area contributed by atoms with Crippen molar-refractivity contribution in [1.29, 1.82) is 0 Å². The van der Waals surface area contributed by atoms with Crippen LogP contribution in [0.5, 0.6) is 0 Å². The number of nitrogens with zero attached hydrogens (tertiary/aromatic N) is 4. The fourth-order valence-electron chi connectivity index (χ4n) is 3.56. The molecule has 0 saturated heterocycles. The van der Waals surface area contributed by atoms with Gasteiger partial charge in [0.25, 0.3) is 0 Å². The third kappa shape index (κ3) is 3.75. The van der Waals surface area contributed by atoms with Crippen LogP contribution in [0.2, 0.25) is 0 Å². The van der Waals surface area contributed by atoms with Gasteiger partial charge >= 0.3 is 0 Å². The number of rotatable bonds is 5. The highest BCUT2D eigenvalue weighted by Crippen LogP contribution is 2.20. The zero-order valence-corrected chi connectivity index (χ0v) is 15.4. The van der Waals surface area contributed by atoms with Crippen molar-refractivity contribution >= 4 is 5.91 Å². The van der Waals surface area contributed by atoms with E-state index in [1.807, 2.05) is 31.2 Å². The molecule has 0 bridgehead atoms. The number of para-hydroxylation sites is 1. The Morgan fingerprint density at radius 3 is 2.74 bits per heavy atom. The van der Waals surface area contributed by atoms with Gasteiger partial charge in [0.1, 0.15) is 12.7 Å². The van der Waals surface area contributed by atoms with Crippen LogP contribution in [-0.2, 0) is 24.3 Å². The SMILES string of the molecule is CC(C(=O)NCc1ccccc1-n1cncn1)N1CCc2ccccc2C1. The molecule has 1 atom stereocenters. The van der Waals surface area contributed by atoms with Crippen LogP contribution >= 0.6 is 0 Å². The van der Waals surface area contributed by atoms with Gasteiger partial charge in [0.05, 0.1) is 11.7 Å². The molecule has 3 aromatic rings. The minimum absolute atomic E-state index is 0.0442. The summed E-state index contributed by atoms with van der Waals surface area (Å²) in [6.45, 7) is 4.16. The topological polar surface area (TPSA) is 63.1 Å². The Hall–Kier alpha value is -2.99. The normalized spacial score (nSPS) is 15.1. The third-order valence-electron chi connectivity index (χ3n) is 5.20. The van der Waals surface area contributed by atoms with E-state index in [4.69, 9.17) is 0 Å². The van der Waals surface area contributed by atoms with Crippen molar-refractivity contribution in [2.45, 2.75) is 32.5 Å². The molecule has 1 aliphatic rings. The summed E-state index contributed by atoms with van der Waals surface area (Å²) in [7, 11) is 0. The summed E-state index contributed by atoms with van der Waals surface area (Å²) < 4.78 is 1.71. The molecule has 0 spiro atoms. The third-order valence-corrected chi connectivity index (χ3v) is 5.20. The number of amides is 1. The molecule has 0 radical (unpaired) electrons. The molecular formula is C21H23N5O. The molecule has 4 rings (SSSR count). The molecule has 27 heavy (non-hydrogen) atoms. The number of aromatic nitrogens is 3. The van der Waals surface area contributed by atoms with E-state index in [1.54, 1.807) is 11.0 Å². The van der Waals surface area contributed by atoms with Gasteiger partial charge in [-0.15, -0.1) is 0 Å². The minimum Gasteiger partial charge on any atom is -0.351 e. The number of benzene rings is 2. The Morgan fingerprint density at radius 1 is 1.15 bits per heavy atom. The van der Waals surface area contributed by atoms with Crippen LogP contribution in [0.3, 0.4) is 0 Å². The van der Waals surface area contributed by atoms with Crippen LogP contribution < -0.4 is 5.32 Å².